The van der Waals surface area contributed by atoms with Gasteiger partial charge in [0.1, 0.15) is 5.00 Å². The summed E-state index contributed by atoms with van der Waals surface area (Å²) in [7, 11) is 1.39. The third-order valence-corrected chi connectivity index (χ3v) is 5.93. The van der Waals surface area contributed by atoms with Crippen LogP contribution in [0.3, 0.4) is 0 Å². The molecule has 0 fully saturated rings. The van der Waals surface area contributed by atoms with Gasteiger partial charge in [-0.1, -0.05) is 6.42 Å². The summed E-state index contributed by atoms with van der Waals surface area (Å²) in [5, 5.41) is 7.94. The van der Waals surface area contributed by atoms with Crippen LogP contribution in [-0.4, -0.2) is 28.8 Å². The summed E-state index contributed by atoms with van der Waals surface area (Å²) in [6, 6.07) is 1.99. The van der Waals surface area contributed by atoms with Crippen molar-refractivity contribution in [2.45, 2.75) is 58.9 Å². The zero-order valence-electron chi connectivity index (χ0n) is 15.6. The standard InChI is InChI=1S/C19H25N3O3S/c1-12-11-13(2)22(21-12)10-9-16(23)20-18-17(19(24)25-3)14-7-5-4-6-8-15(14)26-18/h11H,4-10H2,1-3H3,(H,20,23). The first-order valence-electron chi connectivity index (χ1n) is 9.03. The fourth-order valence-electron chi connectivity index (χ4n) is 3.45. The molecule has 2 aromatic rings. The molecular weight excluding hydrogens is 350 g/mol. The largest absolute Gasteiger partial charge is 0.465 e. The summed E-state index contributed by atoms with van der Waals surface area (Å²) in [6.07, 6.45) is 5.51. The minimum atomic E-state index is -0.363. The van der Waals surface area contributed by atoms with Gasteiger partial charge in [-0.2, -0.15) is 5.10 Å². The van der Waals surface area contributed by atoms with Gasteiger partial charge in [-0.05, 0) is 51.2 Å². The highest BCUT2D eigenvalue weighted by Gasteiger charge is 2.26. The van der Waals surface area contributed by atoms with Gasteiger partial charge in [0, 0.05) is 23.5 Å². The molecule has 26 heavy (non-hydrogen) atoms. The first kappa shape index (κ1) is 18.6. The third kappa shape index (κ3) is 3.98. The van der Waals surface area contributed by atoms with E-state index in [4.69, 9.17) is 4.74 Å². The predicted octanol–water partition coefficient (Wildman–Crippen LogP) is 3.65. The van der Waals surface area contributed by atoms with Crippen molar-refractivity contribution in [2.75, 3.05) is 12.4 Å². The lowest BCUT2D eigenvalue weighted by molar-refractivity contribution is -0.116. The lowest BCUT2D eigenvalue weighted by Gasteiger charge is -2.08. The maximum Gasteiger partial charge on any atom is 0.341 e. The molecule has 0 aliphatic heterocycles. The Hall–Kier alpha value is -2.15. The zero-order chi connectivity index (χ0) is 18.7. The lowest BCUT2D eigenvalue weighted by Crippen LogP contribution is -2.17. The van der Waals surface area contributed by atoms with E-state index in [2.05, 4.69) is 10.4 Å². The number of aryl methyl sites for hydroxylation is 4. The molecule has 0 aromatic carbocycles. The topological polar surface area (TPSA) is 73.2 Å². The summed E-state index contributed by atoms with van der Waals surface area (Å²) in [5.74, 6) is -0.475. The van der Waals surface area contributed by atoms with E-state index >= 15 is 0 Å². The van der Waals surface area contributed by atoms with Gasteiger partial charge in [-0.25, -0.2) is 4.79 Å². The zero-order valence-corrected chi connectivity index (χ0v) is 16.4. The summed E-state index contributed by atoms with van der Waals surface area (Å²) < 4.78 is 6.81. The highest BCUT2D eigenvalue weighted by atomic mass is 32.1. The van der Waals surface area contributed by atoms with Gasteiger partial charge < -0.3 is 10.1 Å². The fraction of sp³-hybridized carbons (Fsp3) is 0.526. The molecule has 0 bridgehead atoms. The molecule has 1 aliphatic rings. The molecule has 1 aliphatic carbocycles. The maximum absolute atomic E-state index is 12.5. The molecule has 0 saturated carbocycles. The number of aromatic nitrogens is 2. The van der Waals surface area contributed by atoms with Gasteiger partial charge in [0.25, 0.3) is 0 Å². The number of thiophene rings is 1. The number of nitrogens with zero attached hydrogens (tertiary/aromatic N) is 2. The van der Waals surface area contributed by atoms with Crippen molar-refractivity contribution in [1.29, 1.82) is 0 Å². The van der Waals surface area contributed by atoms with Crippen LogP contribution in [0.25, 0.3) is 0 Å². The van der Waals surface area contributed by atoms with Gasteiger partial charge >= 0.3 is 5.97 Å². The number of anilines is 1. The van der Waals surface area contributed by atoms with E-state index in [0.29, 0.717) is 23.5 Å². The molecule has 0 unspecified atom stereocenters. The first-order chi connectivity index (χ1) is 12.5. The maximum atomic E-state index is 12.5. The van der Waals surface area contributed by atoms with Gasteiger partial charge in [-0.15, -0.1) is 11.3 Å². The number of nitrogens with one attached hydrogen (secondary N) is 1. The monoisotopic (exact) mass is 375 g/mol. The molecule has 0 atom stereocenters. The number of hydrogen-bond acceptors (Lipinski definition) is 5. The second-order valence-corrected chi connectivity index (χ2v) is 7.81. The molecule has 0 radical (unpaired) electrons. The van der Waals surface area contributed by atoms with Crippen LogP contribution < -0.4 is 5.32 Å². The Kier molecular flexibility index (Phi) is 5.76. The summed E-state index contributed by atoms with van der Waals surface area (Å²) >= 11 is 1.52. The first-order valence-corrected chi connectivity index (χ1v) is 9.85. The number of hydrogen-bond donors (Lipinski definition) is 1. The predicted molar refractivity (Wildman–Crippen MR) is 102 cm³/mol. The van der Waals surface area contributed by atoms with E-state index in [1.54, 1.807) is 0 Å². The number of amides is 1. The number of carbonyl (C=O) groups is 2. The molecule has 0 spiro atoms. The van der Waals surface area contributed by atoms with E-state index in [1.165, 1.54) is 29.7 Å². The van der Waals surface area contributed by atoms with Crippen molar-refractivity contribution in [2.24, 2.45) is 0 Å². The van der Waals surface area contributed by atoms with Crippen LogP contribution in [0.15, 0.2) is 6.07 Å². The number of methoxy groups -OCH3 is 1. The Morgan fingerprint density at radius 3 is 2.73 bits per heavy atom. The van der Waals surface area contributed by atoms with Crippen LogP contribution in [0, 0.1) is 13.8 Å². The van der Waals surface area contributed by atoms with Gasteiger partial charge in [0.05, 0.1) is 18.4 Å². The van der Waals surface area contributed by atoms with Crippen molar-refractivity contribution in [3.63, 3.8) is 0 Å². The van der Waals surface area contributed by atoms with Crippen LogP contribution in [0.1, 0.15) is 57.9 Å². The van der Waals surface area contributed by atoms with Crippen molar-refractivity contribution in [1.82, 2.24) is 9.78 Å². The van der Waals surface area contributed by atoms with Crippen LogP contribution >= 0.6 is 11.3 Å². The van der Waals surface area contributed by atoms with Crippen molar-refractivity contribution in [3.8, 4) is 0 Å². The average molecular weight is 375 g/mol. The Balaban J connectivity index is 1.75. The third-order valence-electron chi connectivity index (χ3n) is 4.72. The Labute approximate surface area is 157 Å². The van der Waals surface area contributed by atoms with E-state index in [1.807, 2.05) is 24.6 Å². The number of esters is 1. The molecule has 2 aromatic heterocycles. The molecule has 1 N–H and O–H groups in total. The van der Waals surface area contributed by atoms with E-state index in [0.717, 1.165) is 42.6 Å². The van der Waals surface area contributed by atoms with Gasteiger partial charge in [0.2, 0.25) is 5.91 Å². The molecular formula is C19H25N3O3S. The summed E-state index contributed by atoms with van der Waals surface area (Å²) in [4.78, 5) is 26.0. The average Bonchev–Trinajstić information content (AvgIpc) is 3.01. The Morgan fingerprint density at radius 2 is 2.04 bits per heavy atom. The SMILES string of the molecule is COC(=O)c1c(NC(=O)CCn2nc(C)cc2C)sc2c1CCCCC2. The lowest BCUT2D eigenvalue weighted by atomic mass is 10.1. The summed E-state index contributed by atoms with van der Waals surface area (Å²) in [5.41, 5.74) is 3.59. The fourth-order valence-corrected chi connectivity index (χ4v) is 4.74. The minimum absolute atomic E-state index is 0.112. The second-order valence-electron chi connectivity index (χ2n) is 6.71. The van der Waals surface area contributed by atoms with Crippen LogP contribution in [0.5, 0.6) is 0 Å². The number of fused-ring (bicyclic) bond motifs is 1. The van der Waals surface area contributed by atoms with Gasteiger partial charge in [0.15, 0.2) is 0 Å². The van der Waals surface area contributed by atoms with E-state index in [9.17, 15) is 9.59 Å². The molecule has 3 rings (SSSR count). The van der Waals surface area contributed by atoms with Crippen molar-refractivity contribution in [3.05, 3.63) is 33.5 Å². The second kappa shape index (κ2) is 8.03. The summed E-state index contributed by atoms with van der Waals surface area (Å²) in [6.45, 7) is 4.43. The molecule has 7 heteroatoms. The number of rotatable bonds is 5. The van der Waals surface area contributed by atoms with Crippen molar-refractivity contribution >= 4 is 28.2 Å². The molecule has 0 saturated heterocycles. The molecule has 6 nitrogen and oxygen atoms in total. The highest BCUT2D eigenvalue weighted by Crippen LogP contribution is 2.38. The van der Waals surface area contributed by atoms with E-state index < -0.39 is 0 Å². The molecule has 140 valence electrons. The van der Waals surface area contributed by atoms with Crippen LogP contribution in [-0.2, 0) is 28.9 Å². The van der Waals surface area contributed by atoms with E-state index in [-0.39, 0.29) is 11.9 Å². The highest BCUT2D eigenvalue weighted by molar-refractivity contribution is 7.17. The number of ether oxygens (including phenoxy) is 1. The van der Waals surface area contributed by atoms with Crippen LogP contribution in [0.4, 0.5) is 5.00 Å². The molecule has 2 heterocycles. The number of carbonyl (C=O) groups excluding carboxylic acids is 2. The quantitative estimate of drug-likeness (QED) is 0.639. The minimum Gasteiger partial charge on any atom is -0.465 e. The molecule has 1 amide bonds. The normalized spacial score (nSPS) is 13.8. The Bertz CT molecular complexity index is 822. The smallest absolute Gasteiger partial charge is 0.341 e. The van der Waals surface area contributed by atoms with Gasteiger partial charge in [-0.3, -0.25) is 9.48 Å². The van der Waals surface area contributed by atoms with Crippen molar-refractivity contribution < 1.29 is 14.3 Å². The van der Waals surface area contributed by atoms with Crippen LogP contribution in [0.2, 0.25) is 0 Å². The Morgan fingerprint density at radius 1 is 1.27 bits per heavy atom.